The highest BCUT2D eigenvalue weighted by atomic mass is 79.9. The van der Waals surface area contributed by atoms with E-state index in [4.69, 9.17) is 0 Å². The number of hydrogen-bond donors (Lipinski definition) is 1. The Bertz CT molecular complexity index is 648. The van der Waals surface area contributed by atoms with E-state index < -0.39 is 0 Å². The summed E-state index contributed by atoms with van der Waals surface area (Å²) in [4.78, 5) is 14.4. The average molecular weight is 334 g/mol. The molecular weight excluding hydrogens is 318 g/mol. The van der Waals surface area contributed by atoms with E-state index in [9.17, 15) is 4.79 Å². The van der Waals surface area contributed by atoms with E-state index in [1.54, 1.807) is 0 Å². The molecule has 2 heterocycles. The standard InChI is InChI=1S/C15H16BrN3O/c1-3-8-19-14(10-4-6-11(16)7-5-10)12-9(2)17-18-13(12)15(19)20/h4-7,14H,3,8H2,1-2H3,(H,17,18). The van der Waals surface area contributed by atoms with Crippen LogP contribution in [0.25, 0.3) is 0 Å². The first-order valence-electron chi connectivity index (χ1n) is 6.74. The third-order valence-electron chi connectivity index (χ3n) is 3.69. The Kier molecular flexibility index (Phi) is 3.38. The van der Waals surface area contributed by atoms with Crippen LogP contribution < -0.4 is 0 Å². The minimum Gasteiger partial charge on any atom is -0.326 e. The zero-order chi connectivity index (χ0) is 14.3. The molecule has 1 aromatic heterocycles. The summed E-state index contributed by atoms with van der Waals surface area (Å²) in [5.74, 6) is 0.0270. The minimum atomic E-state index is -0.0238. The van der Waals surface area contributed by atoms with Gasteiger partial charge in [-0.25, -0.2) is 0 Å². The smallest absolute Gasteiger partial charge is 0.275 e. The molecule has 0 bridgehead atoms. The van der Waals surface area contributed by atoms with Crippen LogP contribution >= 0.6 is 15.9 Å². The van der Waals surface area contributed by atoms with E-state index in [-0.39, 0.29) is 11.9 Å². The lowest BCUT2D eigenvalue weighted by Crippen LogP contribution is -2.30. The molecule has 5 heteroatoms. The Morgan fingerprint density at radius 1 is 1.35 bits per heavy atom. The molecule has 0 radical (unpaired) electrons. The number of aromatic nitrogens is 2. The van der Waals surface area contributed by atoms with Gasteiger partial charge in [-0.05, 0) is 31.0 Å². The number of nitrogens with zero attached hydrogens (tertiary/aromatic N) is 2. The quantitative estimate of drug-likeness (QED) is 0.935. The van der Waals surface area contributed by atoms with Crippen LogP contribution in [0.15, 0.2) is 28.7 Å². The molecule has 1 aliphatic heterocycles. The van der Waals surface area contributed by atoms with E-state index in [2.05, 4.69) is 45.2 Å². The third kappa shape index (κ3) is 1.97. The van der Waals surface area contributed by atoms with E-state index in [0.29, 0.717) is 5.69 Å². The first kappa shape index (κ1) is 13.4. The molecule has 0 fully saturated rings. The summed E-state index contributed by atoms with van der Waals surface area (Å²) in [5, 5.41) is 7.11. The number of nitrogens with one attached hydrogen (secondary N) is 1. The van der Waals surface area contributed by atoms with Gasteiger partial charge in [0.05, 0.1) is 6.04 Å². The van der Waals surface area contributed by atoms with Gasteiger partial charge in [-0.2, -0.15) is 5.10 Å². The largest absolute Gasteiger partial charge is 0.326 e. The fourth-order valence-electron chi connectivity index (χ4n) is 2.81. The number of H-pyrrole nitrogens is 1. The van der Waals surface area contributed by atoms with Gasteiger partial charge >= 0.3 is 0 Å². The van der Waals surface area contributed by atoms with Crippen LogP contribution in [0.1, 0.15) is 46.7 Å². The van der Waals surface area contributed by atoms with Gasteiger partial charge < -0.3 is 4.90 Å². The molecule has 1 aromatic carbocycles. The van der Waals surface area contributed by atoms with Crippen LogP contribution in [0.4, 0.5) is 0 Å². The molecule has 0 aliphatic carbocycles. The van der Waals surface area contributed by atoms with Crippen molar-refractivity contribution in [1.82, 2.24) is 15.1 Å². The van der Waals surface area contributed by atoms with Crippen molar-refractivity contribution in [3.8, 4) is 0 Å². The molecule has 4 nitrogen and oxygen atoms in total. The molecule has 1 N–H and O–H groups in total. The summed E-state index contributed by atoms with van der Waals surface area (Å²) in [6.45, 7) is 4.80. The Labute approximate surface area is 126 Å². The first-order chi connectivity index (χ1) is 9.63. The van der Waals surface area contributed by atoms with Crippen molar-refractivity contribution in [1.29, 1.82) is 0 Å². The minimum absolute atomic E-state index is 0.0238. The van der Waals surface area contributed by atoms with E-state index in [1.165, 1.54) is 0 Å². The highest BCUT2D eigenvalue weighted by Crippen LogP contribution is 2.39. The molecule has 104 valence electrons. The van der Waals surface area contributed by atoms with Crippen LogP contribution in [-0.2, 0) is 0 Å². The molecule has 20 heavy (non-hydrogen) atoms. The number of hydrogen-bond acceptors (Lipinski definition) is 2. The molecule has 0 saturated carbocycles. The zero-order valence-corrected chi connectivity index (χ0v) is 13.1. The second-order valence-electron chi connectivity index (χ2n) is 5.06. The maximum atomic E-state index is 12.5. The van der Waals surface area contributed by atoms with Crippen LogP contribution in [0, 0.1) is 6.92 Å². The Morgan fingerprint density at radius 2 is 2.05 bits per heavy atom. The lowest BCUT2D eigenvalue weighted by atomic mass is 9.99. The fraction of sp³-hybridized carbons (Fsp3) is 0.333. The van der Waals surface area contributed by atoms with Gasteiger partial charge in [0.1, 0.15) is 0 Å². The van der Waals surface area contributed by atoms with Gasteiger partial charge in [-0.15, -0.1) is 0 Å². The lowest BCUT2D eigenvalue weighted by molar-refractivity contribution is 0.0743. The summed E-state index contributed by atoms with van der Waals surface area (Å²) in [6, 6.07) is 8.12. The number of rotatable bonds is 3. The van der Waals surface area contributed by atoms with Crippen molar-refractivity contribution in [3.63, 3.8) is 0 Å². The van der Waals surface area contributed by atoms with Gasteiger partial charge in [-0.1, -0.05) is 35.0 Å². The third-order valence-corrected chi connectivity index (χ3v) is 4.22. The van der Waals surface area contributed by atoms with Crippen LogP contribution in [0.5, 0.6) is 0 Å². The summed E-state index contributed by atoms with van der Waals surface area (Å²) < 4.78 is 1.04. The number of carbonyl (C=O) groups excluding carboxylic acids is 1. The van der Waals surface area contributed by atoms with Gasteiger partial charge in [0, 0.05) is 22.3 Å². The molecule has 1 amide bonds. The number of aromatic amines is 1. The predicted molar refractivity (Wildman–Crippen MR) is 80.6 cm³/mol. The fourth-order valence-corrected chi connectivity index (χ4v) is 3.07. The lowest BCUT2D eigenvalue weighted by Gasteiger charge is -2.25. The normalized spacial score (nSPS) is 17.6. The molecule has 1 unspecified atom stereocenters. The second kappa shape index (κ2) is 5.05. The van der Waals surface area contributed by atoms with Crippen molar-refractivity contribution in [3.05, 3.63) is 51.3 Å². The highest BCUT2D eigenvalue weighted by molar-refractivity contribution is 9.10. The van der Waals surface area contributed by atoms with Crippen molar-refractivity contribution >= 4 is 21.8 Å². The number of carbonyl (C=O) groups is 1. The first-order valence-corrected chi connectivity index (χ1v) is 7.54. The van der Waals surface area contributed by atoms with E-state index >= 15 is 0 Å². The van der Waals surface area contributed by atoms with Crippen molar-refractivity contribution in [2.24, 2.45) is 0 Å². The molecular formula is C15H16BrN3O. The topological polar surface area (TPSA) is 49.0 Å². The number of amides is 1. The van der Waals surface area contributed by atoms with Crippen LogP contribution in [-0.4, -0.2) is 27.5 Å². The number of halogens is 1. The summed E-state index contributed by atoms with van der Waals surface area (Å²) in [6.07, 6.45) is 0.936. The second-order valence-corrected chi connectivity index (χ2v) is 5.98. The molecule has 3 rings (SSSR count). The Balaban J connectivity index is 2.11. The zero-order valence-electron chi connectivity index (χ0n) is 11.5. The molecule has 0 saturated heterocycles. The predicted octanol–water partition coefficient (Wildman–Crippen LogP) is 3.44. The Hall–Kier alpha value is -1.62. The molecule has 0 spiro atoms. The van der Waals surface area contributed by atoms with Gasteiger partial charge in [0.25, 0.3) is 5.91 Å². The van der Waals surface area contributed by atoms with Crippen molar-refractivity contribution < 1.29 is 4.79 Å². The summed E-state index contributed by atoms with van der Waals surface area (Å²) in [5.41, 5.74) is 3.69. The van der Waals surface area contributed by atoms with Crippen molar-refractivity contribution in [2.45, 2.75) is 26.3 Å². The number of benzene rings is 1. The SMILES string of the molecule is CCCN1C(=O)c2n[nH]c(C)c2C1c1ccc(Br)cc1. The molecule has 1 aliphatic rings. The van der Waals surface area contributed by atoms with E-state index in [1.807, 2.05) is 24.0 Å². The highest BCUT2D eigenvalue weighted by Gasteiger charge is 2.40. The van der Waals surface area contributed by atoms with Crippen LogP contribution in [0.2, 0.25) is 0 Å². The summed E-state index contributed by atoms with van der Waals surface area (Å²) in [7, 11) is 0. The number of fused-ring (bicyclic) bond motifs is 1. The average Bonchev–Trinajstić information content (AvgIpc) is 2.93. The molecule has 1 atom stereocenters. The molecule has 2 aromatic rings. The van der Waals surface area contributed by atoms with E-state index in [0.717, 1.165) is 34.3 Å². The maximum Gasteiger partial charge on any atom is 0.275 e. The van der Waals surface area contributed by atoms with Gasteiger partial charge in [0.2, 0.25) is 0 Å². The monoisotopic (exact) mass is 333 g/mol. The maximum absolute atomic E-state index is 12.5. The van der Waals surface area contributed by atoms with Gasteiger partial charge in [0.15, 0.2) is 5.69 Å². The van der Waals surface area contributed by atoms with Crippen LogP contribution in [0.3, 0.4) is 0 Å². The summed E-state index contributed by atoms with van der Waals surface area (Å²) >= 11 is 3.45. The van der Waals surface area contributed by atoms with Crippen molar-refractivity contribution in [2.75, 3.05) is 6.54 Å². The number of aryl methyl sites for hydroxylation is 1. The Morgan fingerprint density at radius 3 is 2.70 bits per heavy atom. The van der Waals surface area contributed by atoms with Gasteiger partial charge in [-0.3, -0.25) is 9.89 Å².